The van der Waals surface area contributed by atoms with Gasteiger partial charge in [0.25, 0.3) is 5.91 Å². The van der Waals surface area contributed by atoms with Crippen LogP contribution in [-0.2, 0) is 9.63 Å². The Kier molecular flexibility index (Phi) is 4.76. The molecule has 0 unspecified atom stereocenters. The minimum atomic E-state index is -0.755. The Morgan fingerprint density at radius 2 is 1.86 bits per heavy atom. The molecule has 2 aromatic rings. The van der Waals surface area contributed by atoms with Crippen LogP contribution >= 0.6 is 0 Å². The molecule has 0 fully saturated rings. The lowest BCUT2D eigenvalue weighted by molar-refractivity contribution is -0.119. The molecule has 2 rings (SSSR count). The number of benzene rings is 1. The van der Waals surface area contributed by atoms with Crippen LogP contribution in [0.1, 0.15) is 16.1 Å². The first-order chi connectivity index (χ1) is 10.6. The second-order valence-electron chi connectivity index (χ2n) is 4.11. The number of rotatable bonds is 6. The minimum Gasteiger partial charge on any atom is -0.484 e. The molecule has 1 aromatic heterocycles. The number of amides is 1. The summed E-state index contributed by atoms with van der Waals surface area (Å²) >= 11 is 0. The molecule has 0 aliphatic heterocycles. The second-order valence-corrected chi connectivity index (χ2v) is 4.11. The van der Waals surface area contributed by atoms with Gasteiger partial charge >= 0.3 is 5.97 Å². The van der Waals surface area contributed by atoms with E-state index in [1.807, 2.05) is 0 Å². The van der Waals surface area contributed by atoms with Gasteiger partial charge < -0.3 is 25.5 Å². The number of primary amides is 1. The average molecular weight is 303 g/mol. The molecule has 0 saturated carbocycles. The summed E-state index contributed by atoms with van der Waals surface area (Å²) in [6, 6.07) is 9.34. The maximum atomic E-state index is 11.5. The summed E-state index contributed by atoms with van der Waals surface area (Å²) in [5.74, 6) is -0.861. The van der Waals surface area contributed by atoms with Crippen molar-refractivity contribution in [2.24, 2.45) is 16.6 Å². The summed E-state index contributed by atoms with van der Waals surface area (Å²) in [7, 11) is 0. The van der Waals surface area contributed by atoms with Gasteiger partial charge in [-0.3, -0.25) is 4.79 Å². The molecule has 0 aliphatic rings. The summed E-state index contributed by atoms with van der Waals surface area (Å²) in [6.07, 6.45) is 1.34. The van der Waals surface area contributed by atoms with E-state index in [9.17, 15) is 9.59 Å². The fourth-order valence-electron chi connectivity index (χ4n) is 1.46. The molecule has 114 valence electrons. The lowest BCUT2D eigenvalue weighted by Gasteiger charge is -2.04. The summed E-state index contributed by atoms with van der Waals surface area (Å²) in [4.78, 5) is 26.7. The number of hydrogen-bond donors (Lipinski definition) is 2. The van der Waals surface area contributed by atoms with Crippen molar-refractivity contribution in [1.82, 2.24) is 0 Å². The first kappa shape index (κ1) is 15.1. The molecule has 1 aromatic carbocycles. The lowest BCUT2D eigenvalue weighted by atomic mass is 10.2. The molecule has 22 heavy (non-hydrogen) atoms. The number of carbonyl (C=O) groups excluding carboxylic acids is 2. The Bertz CT molecular complexity index is 677. The van der Waals surface area contributed by atoms with Gasteiger partial charge in [0.05, 0.1) is 6.26 Å². The van der Waals surface area contributed by atoms with Crippen LogP contribution in [0.3, 0.4) is 0 Å². The normalized spacial score (nSPS) is 11.0. The highest BCUT2D eigenvalue weighted by molar-refractivity contribution is 5.98. The van der Waals surface area contributed by atoms with Crippen molar-refractivity contribution in [3.8, 4) is 5.75 Å². The predicted molar refractivity (Wildman–Crippen MR) is 76.0 cm³/mol. The molecule has 0 spiro atoms. The maximum Gasteiger partial charge on any atom is 0.400 e. The Balaban J connectivity index is 1.96. The van der Waals surface area contributed by atoms with Crippen LogP contribution in [0.2, 0.25) is 0 Å². The zero-order chi connectivity index (χ0) is 15.9. The average Bonchev–Trinajstić information content (AvgIpc) is 3.05. The number of hydrogen-bond acceptors (Lipinski definition) is 6. The van der Waals surface area contributed by atoms with Gasteiger partial charge in [-0.25, -0.2) is 4.79 Å². The van der Waals surface area contributed by atoms with Crippen LogP contribution in [0.25, 0.3) is 0 Å². The highest BCUT2D eigenvalue weighted by Gasteiger charge is 2.10. The summed E-state index contributed by atoms with van der Waals surface area (Å²) in [6.45, 7) is -0.219. The van der Waals surface area contributed by atoms with E-state index in [1.165, 1.54) is 12.3 Å². The number of carbonyl (C=O) groups is 2. The molecular weight excluding hydrogens is 290 g/mol. The van der Waals surface area contributed by atoms with E-state index in [4.69, 9.17) is 20.6 Å². The largest absolute Gasteiger partial charge is 0.484 e. The zero-order valence-corrected chi connectivity index (χ0v) is 11.4. The first-order valence-electron chi connectivity index (χ1n) is 6.16. The van der Waals surface area contributed by atoms with E-state index in [1.54, 1.807) is 30.3 Å². The maximum absolute atomic E-state index is 11.5. The molecule has 0 aliphatic carbocycles. The molecule has 8 heteroatoms. The smallest absolute Gasteiger partial charge is 0.400 e. The quantitative estimate of drug-likeness (QED) is 0.348. The van der Waals surface area contributed by atoms with Crippen molar-refractivity contribution in [2.75, 3.05) is 6.61 Å². The number of amidine groups is 1. The topological polar surface area (TPSA) is 130 Å². The van der Waals surface area contributed by atoms with E-state index < -0.39 is 11.9 Å². The van der Waals surface area contributed by atoms with Gasteiger partial charge in [0.15, 0.2) is 12.4 Å². The molecule has 0 radical (unpaired) electrons. The van der Waals surface area contributed by atoms with Crippen LogP contribution in [0.5, 0.6) is 5.75 Å². The van der Waals surface area contributed by atoms with Gasteiger partial charge in [-0.1, -0.05) is 5.16 Å². The van der Waals surface area contributed by atoms with E-state index in [0.29, 0.717) is 11.3 Å². The molecule has 4 N–H and O–H groups in total. The van der Waals surface area contributed by atoms with Crippen LogP contribution in [0, 0.1) is 0 Å². The Labute approximate surface area is 125 Å². The van der Waals surface area contributed by atoms with Gasteiger partial charge in [-0.05, 0) is 36.4 Å². The van der Waals surface area contributed by atoms with E-state index >= 15 is 0 Å². The molecule has 0 saturated heterocycles. The van der Waals surface area contributed by atoms with Gasteiger partial charge in [0.1, 0.15) is 5.75 Å². The van der Waals surface area contributed by atoms with Gasteiger partial charge in [-0.2, -0.15) is 0 Å². The number of ether oxygens (including phenoxy) is 1. The molecular formula is C14H13N3O5. The van der Waals surface area contributed by atoms with Gasteiger partial charge in [0, 0.05) is 5.56 Å². The summed E-state index contributed by atoms with van der Waals surface area (Å²) in [5, 5.41) is 3.52. The van der Waals surface area contributed by atoms with E-state index in [0.717, 1.165) is 0 Å². The lowest BCUT2D eigenvalue weighted by Crippen LogP contribution is -2.20. The van der Waals surface area contributed by atoms with Crippen molar-refractivity contribution in [1.29, 1.82) is 0 Å². The Morgan fingerprint density at radius 3 is 2.45 bits per heavy atom. The van der Waals surface area contributed by atoms with E-state index in [-0.39, 0.29) is 18.2 Å². The van der Waals surface area contributed by atoms with Gasteiger partial charge in [0.2, 0.25) is 5.76 Å². The molecule has 0 bridgehead atoms. The van der Waals surface area contributed by atoms with Crippen molar-refractivity contribution in [3.05, 3.63) is 54.0 Å². The first-order valence-corrected chi connectivity index (χ1v) is 6.16. The molecule has 8 nitrogen and oxygen atoms in total. The van der Waals surface area contributed by atoms with Crippen LogP contribution < -0.4 is 16.2 Å². The minimum absolute atomic E-state index is 0.00126. The monoisotopic (exact) mass is 303 g/mol. The van der Waals surface area contributed by atoms with Crippen LogP contribution in [0.4, 0.5) is 0 Å². The number of oxime groups is 1. The fraction of sp³-hybridized carbons (Fsp3) is 0.0714. The molecule has 1 amide bonds. The van der Waals surface area contributed by atoms with Crippen molar-refractivity contribution < 1.29 is 23.6 Å². The fourth-order valence-corrected chi connectivity index (χ4v) is 1.46. The zero-order valence-electron chi connectivity index (χ0n) is 11.4. The summed E-state index contributed by atoms with van der Waals surface area (Å²) in [5.41, 5.74) is 11.2. The van der Waals surface area contributed by atoms with Crippen molar-refractivity contribution in [3.63, 3.8) is 0 Å². The molecule has 1 heterocycles. The third-order valence-corrected chi connectivity index (χ3v) is 2.48. The SMILES string of the molecule is NC(=O)COc1ccc(/C(N)=N/OC(=O)c2ccco2)cc1. The number of nitrogens with two attached hydrogens (primary N) is 2. The Morgan fingerprint density at radius 1 is 1.14 bits per heavy atom. The van der Waals surface area contributed by atoms with Crippen molar-refractivity contribution >= 4 is 17.7 Å². The number of nitrogens with zero attached hydrogens (tertiary/aromatic N) is 1. The predicted octanol–water partition coefficient (Wildman–Crippen LogP) is 0.621. The molecule has 0 atom stereocenters. The van der Waals surface area contributed by atoms with Crippen LogP contribution in [-0.4, -0.2) is 24.3 Å². The van der Waals surface area contributed by atoms with Gasteiger partial charge in [-0.15, -0.1) is 0 Å². The van der Waals surface area contributed by atoms with Crippen molar-refractivity contribution in [2.45, 2.75) is 0 Å². The number of furan rings is 1. The Hall–Kier alpha value is -3.29. The highest BCUT2D eigenvalue weighted by Crippen LogP contribution is 2.12. The highest BCUT2D eigenvalue weighted by atomic mass is 16.7. The van der Waals surface area contributed by atoms with E-state index in [2.05, 4.69) is 9.99 Å². The second kappa shape index (κ2) is 6.93. The standard InChI is InChI=1S/C14H13N3O5/c15-12(18)8-21-10-5-3-9(4-6-10)13(16)17-22-14(19)11-2-1-7-20-11/h1-7H,8H2,(H2,15,18)(H2,16,17). The summed E-state index contributed by atoms with van der Waals surface area (Å²) < 4.78 is 9.95. The third kappa shape index (κ3) is 4.10. The third-order valence-electron chi connectivity index (χ3n) is 2.48. The van der Waals surface area contributed by atoms with Crippen LogP contribution in [0.15, 0.2) is 52.2 Å².